The molecule has 0 saturated carbocycles. The lowest BCUT2D eigenvalue weighted by Crippen LogP contribution is -1.85. The van der Waals surface area contributed by atoms with Gasteiger partial charge in [0.15, 0.2) is 5.76 Å². The van der Waals surface area contributed by atoms with Crippen molar-refractivity contribution in [3.8, 4) is 11.3 Å². The summed E-state index contributed by atoms with van der Waals surface area (Å²) in [7, 11) is 0. The summed E-state index contributed by atoms with van der Waals surface area (Å²) in [5.41, 5.74) is 9.82. The van der Waals surface area contributed by atoms with Crippen molar-refractivity contribution in [2.45, 2.75) is 20.8 Å². The molecule has 1 aromatic carbocycles. The maximum Gasteiger partial charge on any atom is 0.292 e. The summed E-state index contributed by atoms with van der Waals surface area (Å²) in [5.74, 6) is 0.769. The van der Waals surface area contributed by atoms with Crippen molar-refractivity contribution in [1.82, 2.24) is 4.98 Å². The molecule has 2 rings (SSSR count). The van der Waals surface area contributed by atoms with Crippen LogP contribution in [0, 0.1) is 20.8 Å². The van der Waals surface area contributed by atoms with Crippen molar-refractivity contribution < 1.29 is 4.42 Å². The average molecular weight is 202 g/mol. The quantitative estimate of drug-likeness (QED) is 0.773. The number of benzene rings is 1. The minimum atomic E-state index is 0.225. The Balaban J connectivity index is 2.59. The second-order valence-electron chi connectivity index (χ2n) is 3.79. The molecule has 2 aromatic rings. The van der Waals surface area contributed by atoms with Crippen LogP contribution in [0.3, 0.4) is 0 Å². The van der Waals surface area contributed by atoms with E-state index in [0.717, 1.165) is 17.0 Å². The molecule has 15 heavy (non-hydrogen) atoms. The number of anilines is 1. The largest absolute Gasteiger partial charge is 0.423 e. The van der Waals surface area contributed by atoms with E-state index in [1.54, 1.807) is 0 Å². The van der Waals surface area contributed by atoms with Gasteiger partial charge in [-0.25, -0.2) is 0 Å². The number of hydrogen-bond acceptors (Lipinski definition) is 3. The van der Waals surface area contributed by atoms with Gasteiger partial charge in [-0.15, -0.1) is 0 Å². The zero-order valence-electron chi connectivity index (χ0n) is 9.16. The van der Waals surface area contributed by atoms with E-state index in [1.807, 2.05) is 13.0 Å². The highest BCUT2D eigenvalue weighted by molar-refractivity contribution is 5.65. The van der Waals surface area contributed by atoms with Crippen LogP contribution in [0.4, 0.5) is 6.01 Å². The highest BCUT2D eigenvalue weighted by Crippen LogP contribution is 2.28. The van der Waals surface area contributed by atoms with Crippen LogP contribution in [0.15, 0.2) is 22.6 Å². The third kappa shape index (κ3) is 1.73. The molecule has 3 nitrogen and oxygen atoms in total. The van der Waals surface area contributed by atoms with Crippen LogP contribution in [-0.2, 0) is 0 Å². The maximum absolute atomic E-state index is 5.52. The van der Waals surface area contributed by atoms with Crippen molar-refractivity contribution in [3.05, 3.63) is 35.0 Å². The van der Waals surface area contributed by atoms with Crippen molar-refractivity contribution in [1.29, 1.82) is 0 Å². The second kappa shape index (κ2) is 3.42. The predicted molar refractivity (Wildman–Crippen MR) is 60.6 cm³/mol. The van der Waals surface area contributed by atoms with Crippen LogP contribution in [0.5, 0.6) is 0 Å². The van der Waals surface area contributed by atoms with Gasteiger partial charge in [-0.1, -0.05) is 23.8 Å². The summed E-state index contributed by atoms with van der Waals surface area (Å²) in [5, 5.41) is 0. The molecule has 2 N–H and O–H groups in total. The topological polar surface area (TPSA) is 52.0 Å². The van der Waals surface area contributed by atoms with Crippen LogP contribution < -0.4 is 5.73 Å². The lowest BCUT2D eigenvalue weighted by atomic mass is 10.0. The highest BCUT2D eigenvalue weighted by atomic mass is 16.4. The molecule has 3 heteroatoms. The molecule has 0 fully saturated rings. The molecule has 1 heterocycles. The lowest BCUT2D eigenvalue weighted by Gasteiger charge is -2.03. The number of aryl methyl sites for hydroxylation is 3. The van der Waals surface area contributed by atoms with E-state index in [-0.39, 0.29) is 6.01 Å². The number of aromatic nitrogens is 1. The Morgan fingerprint density at radius 3 is 2.47 bits per heavy atom. The first-order valence-corrected chi connectivity index (χ1v) is 4.88. The fourth-order valence-electron chi connectivity index (χ4n) is 1.74. The molecule has 0 bridgehead atoms. The summed E-state index contributed by atoms with van der Waals surface area (Å²) in [6, 6.07) is 6.44. The van der Waals surface area contributed by atoms with E-state index in [2.05, 4.69) is 31.0 Å². The molecule has 0 spiro atoms. The summed E-state index contributed by atoms with van der Waals surface area (Å²) < 4.78 is 5.39. The Morgan fingerprint density at radius 2 is 1.93 bits per heavy atom. The minimum absolute atomic E-state index is 0.225. The van der Waals surface area contributed by atoms with Gasteiger partial charge in [0, 0.05) is 5.56 Å². The van der Waals surface area contributed by atoms with E-state index < -0.39 is 0 Å². The number of nitrogens with two attached hydrogens (primary N) is 1. The second-order valence-corrected chi connectivity index (χ2v) is 3.79. The third-order valence-electron chi connectivity index (χ3n) is 2.44. The average Bonchev–Trinajstić information content (AvgIpc) is 2.45. The number of nitrogens with zero attached hydrogens (tertiary/aromatic N) is 1. The standard InChI is InChI=1S/C12H14N2O/c1-7-4-5-10(8(2)6-7)11-9(3)14-12(13)15-11/h4-6H,1-3H3,(H2,13,14). The van der Waals surface area contributed by atoms with Crippen LogP contribution in [0.25, 0.3) is 11.3 Å². The van der Waals surface area contributed by atoms with Crippen molar-refractivity contribution in [3.63, 3.8) is 0 Å². The van der Waals surface area contributed by atoms with Gasteiger partial charge in [-0.05, 0) is 26.3 Å². The maximum atomic E-state index is 5.52. The first-order chi connectivity index (χ1) is 7.08. The fourth-order valence-corrected chi connectivity index (χ4v) is 1.74. The van der Waals surface area contributed by atoms with Gasteiger partial charge >= 0.3 is 0 Å². The van der Waals surface area contributed by atoms with Gasteiger partial charge in [-0.3, -0.25) is 0 Å². The predicted octanol–water partition coefficient (Wildman–Crippen LogP) is 2.85. The number of nitrogen functional groups attached to an aromatic ring is 1. The molecular weight excluding hydrogens is 188 g/mol. The summed E-state index contributed by atoms with van der Waals surface area (Å²) >= 11 is 0. The van der Waals surface area contributed by atoms with Crippen LogP contribution >= 0.6 is 0 Å². The molecule has 78 valence electrons. The molecule has 0 radical (unpaired) electrons. The Kier molecular flexibility index (Phi) is 2.23. The SMILES string of the molecule is Cc1ccc(-c2oc(N)nc2C)c(C)c1. The minimum Gasteiger partial charge on any atom is -0.423 e. The Bertz CT molecular complexity index is 500. The summed E-state index contributed by atoms with van der Waals surface area (Å²) in [4.78, 5) is 4.06. The monoisotopic (exact) mass is 202 g/mol. The van der Waals surface area contributed by atoms with Crippen molar-refractivity contribution in [2.24, 2.45) is 0 Å². The lowest BCUT2D eigenvalue weighted by molar-refractivity contribution is 0.593. The van der Waals surface area contributed by atoms with Gasteiger partial charge in [0.2, 0.25) is 0 Å². The summed E-state index contributed by atoms with van der Waals surface area (Å²) in [6.45, 7) is 6.02. The fraction of sp³-hybridized carbons (Fsp3) is 0.250. The van der Waals surface area contributed by atoms with E-state index in [4.69, 9.17) is 10.2 Å². The van der Waals surface area contributed by atoms with E-state index >= 15 is 0 Å². The van der Waals surface area contributed by atoms with Gasteiger partial charge in [0.25, 0.3) is 6.01 Å². The molecule has 0 atom stereocenters. The van der Waals surface area contributed by atoms with Crippen LogP contribution in [0.2, 0.25) is 0 Å². The van der Waals surface area contributed by atoms with Crippen molar-refractivity contribution in [2.75, 3.05) is 5.73 Å². The summed E-state index contributed by atoms with van der Waals surface area (Å²) in [6.07, 6.45) is 0. The molecule has 0 unspecified atom stereocenters. The molecular formula is C12H14N2O. The van der Waals surface area contributed by atoms with Gasteiger partial charge in [0.05, 0.1) is 5.69 Å². The van der Waals surface area contributed by atoms with E-state index in [0.29, 0.717) is 0 Å². The molecule has 0 aliphatic carbocycles. The van der Waals surface area contributed by atoms with Crippen molar-refractivity contribution >= 4 is 6.01 Å². The zero-order valence-corrected chi connectivity index (χ0v) is 9.16. The number of oxazole rings is 1. The normalized spacial score (nSPS) is 10.6. The molecule has 1 aromatic heterocycles. The Hall–Kier alpha value is -1.77. The first kappa shape index (κ1) is 9.77. The van der Waals surface area contributed by atoms with Gasteiger partial charge in [-0.2, -0.15) is 4.98 Å². The smallest absolute Gasteiger partial charge is 0.292 e. The first-order valence-electron chi connectivity index (χ1n) is 4.88. The van der Waals surface area contributed by atoms with Gasteiger partial charge < -0.3 is 10.2 Å². The highest BCUT2D eigenvalue weighted by Gasteiger charge is 2.11. The van der Waals surface area contributed by atoms with E-state index in [9.17, 15) is 0 Å². The number of hydrogen-bond donors (Lipinski definition) is 1. The Labute approximate surface area is 88.9 Å². The molecule has 0 aliphatic rings. The molecule has 0 saturated heterocycles. The van der Waals surface area contributed by atoms with Crippen LogP contribution in [0.1, 0.15) is 16.8 Å². The Morgan fingerprint density at radius 1 is 1.20 bits per heavy atom. The third-order valence-corrected chi connectivity index (χ3v) is 2.44. The van der Waals surface area contributed by atoms with Crippen LogP contribution in [-0.4, -0.2) is 4.98 Å². The number of rotatable bonds is 1. The molecule has 0 amide bonds. The van der Waals surface area contributed by atoms with E-state index in [1.165, 1.54) is 11.1 Å². The van der Waals surface area contributed by atoms with Gasteiger partial charge in [0.1, 0.15) is 0 Å². The zero-order chi connectivity index (χ0) is 11.0. The molecule has 0 aliphatic heterocycles.